The number of hydrogen-bond donors (Lipinski definition) is 2. The molecule has 0 bridgehead atoms. The van der Waals surface area contributed by atoms with E-state index in [2.05, 4.69) is 5.32 Å². The number of aliphatic hydroxyl groups is 1. The van der Waals surface area contributed by atoms with Crippen LogP contribution in [0.4, 0.5) is 13.2 Å². The van der Waals surface area contributed by atoms with Gasteiger partial charge >= 0.3 is 6.18 Å². The molecule has 0 aromatic heterocycles. The largest absolute Gasteiger partial charge is 0.416 e. The van der Waals surface area contributed by atoms with Crippen LogP contribution >= 0.6 is 0 Å². The van der Waals surface area contributed by atoms with Gasteiger partial charge in [-0.25, -0.2) is 0 Å². The summed E-state index contributed by atoms with van der Waals surface area (Å²) in [6.07, 6.45) is -4.29. The molecule has 0 fully saturated rings. The molecule has 0 saturated heterocycles. The van der Waals surface area contributed by atoms with Gasteiger partial charge in [0.15, 0.2) is 0 Å². The van der Waals surface area contributed by atoms with Crippen molar-refractivity contribution < 1.29 is 18.3 Å². The first-order chi connectivity index (χ1) is 7.43. The molecule has 2 nitrogen and oxygen atoms in total. The molecule has 0 heterocycles. The van der Waals surface area contributed by atoms with Crippen LogP contribution in [0.5, 0.6) is 0 Å². The summed E-state index contributed by atoms with van der Waals surface area (Å²) in [5.41, 5.74) is 0.111. The van der Waals surface area contributed by atoms with Crippen molar-refractivity contribution in [3.8, 4) is 0 Å². The maximum atomic E-state index is 12.2. The zero-order valence-corrected chi connectivity index (χ0v) is 8.88. The van der Waals surface area contributed by atoms with Crippen LogP contribution in [-0.2, 0) is 12.7 Å². The maximum Gasteiger partial charge on any atom is 0.416 e. The standard InChI is InChI=1S/C11H14F3NO/c1-8(7-16)15-6-9-2-4-10(5-3-9)11(12,13)14/h2-5,8,15-16H,6-7H2,1H3/t8-/m1/s1. The topological polar surface area (TPSA) is 32.3 Å². The lowest BCUT2D eigenvalue weighted by molar-refractivity contribution is -0.137. The van der Waals surface area contributed by atoms with E-state index in [1.807, 2.05) is 0 Å². The minimum Gasteiger partial charge on any atom is -0.395 e. The van der Waals surface area contributed by atoms with E-state index < -0.39 is 11.7 Å². The maximum absolute atomic E-state index is 12.2. The Kier molecular flexibility index (Phi) is 4.32. The molecule has 1 atom stereocenters. The zero-order chi connectivity index (χ0) is 12.2. The molecule has 0 saturated carbocycles. The molecule has 1 rings (SSSR count). The predicted octanol–water partition coefficient (Wildman–Crippen LogP) is 2.18. The zero-order valence-electron chi connectivity index (χ0n) is 8.88. The van der Waals surface area contributed by atoms with Crippen molar-refractivity contribution in [3.05, 3.63) is 35.4 Å². The minimum atomic E-state index is -4.29. The fourth-order valence-electron chi connectivity index (χ4n) is 1.17. The Hall–Kier alpha value is -1.07. The summed E-state index contributed by atoms with van der Waals surface area (Å²) in [6.45, 7) is 2.24. The molecule has 5 heteroatoms. The summed E-state index contributed by atoms with van der Waals surface area (Å²) in [4.78, 5) is 0. The van der Waals surface area contributed by atoms with Crippen LogP contribution in [0.15, 0.2) is 24.3 Å². The molecule has 0 spiro atoms. The van der Waals surface area contributed by atoms with Crippen molar-refractivity contribution in [2.24, 2.45) is 0 Å². The molecule has 1 aromatic carbocycles. The minimum absolute atomic E-state index is 0.000630. The highest BCUT2D eigenvalue weighted by Crippen LogP contribution is 2.28. The Bertz CT molecular complexity index is 321. The molecule has 90 valence electrons. The number of alkyl halides is 3. The summed E-state index contributed by atoms with van der Waals surface area (Å²) in [6, 6.07) is 4.91. The highest BCUT2D eigenvalue weighted by atomic mass is 19.4. The Balaban J connectivity index is 2.58. The number of nitrogens with one attached hydrogen (secondary N) is 1. The Morgan fingerprint density at radius 3 is 2.25 bits per heavy atom. The van der Waals surface area contributed by atoms with Crippen LogP contribution in [0.25, 0.3) is 0 Å². The van der Waals surface area contributed by atoms with Gasteiger partial charge in [-0.3, -0.25) is 0 Å². The second-order valence-electron chi connectivity index (χ2n) is 3.66. The first-order valence-electron chi connectivity index (χ1n) is 4.94. The van der Waals surface area contributed by atoms with E-state index in [9.17, 15) is 13.2 Å². The summed E-state index contributed by atoms with van der Waals surface area (Å²) >= 11 is 0. The Morgan fingerprint density at radius 2 is 1.81 bits per heavy atom. The molecule has 1 aromatic rings. The molecule has 0 radical (unpaired) electrons. The van der Waals surface area contributed by atoms with Gasteiger partial charge in [0.2, 0.25) is 0 Å². The second-order valence-corrected chi connectivity index (χ2v) is 3.66. The van der Waals surface area contributed by atoms with E-state index >= 15 is 0 Å². The smallest absolute Gasteiger partial charge is 0.395 e. The fraction of sp³-hybridized carbons (Fsp3) is 0.455. The Labute approximate surface area is 92.1 Å². The van der Waals surface area contributed by atoms with Crippen molar-refractivity contribution >= 4 is 0 Å². The molecule has 0 aliphatic heterocycles. The first kappa shape index (κ1) is 13.0. The summed E-state index contributed by atoms with van der Waals surface area (Å²) < 4.78 is 36.7. The van der Waals surface area contributed by atoms with E-state index in [-0.39, 0.29) is 12.6 Å². The lowest BCUT2D eigenvalue weighted by atomic mass is 10.1. The summed E-state index contributed by atoms with van der Waals surface area (Å²) in [5, 5.41) is 11.7. The predicted molar refractivity (Wildman–Crippen MR) is 54.8 cm³/mol. The number of benzene rings is 1. The van der Waals surface area contributed by atoms with Gasteiger partial charge in [-0.2, -0.15) is 13.2 Å². The van der Waals surface area contributed by atoms with Crippen LogP contribution in [0.3, 0.4) is 0 Å². The molecular formula is C11H14F3NO. The van der Waals surface area contributed by atoms with Crippen LogP contribution in [0.2, 0.25) is 0 Å². The summed E-state index contributed by atoms with van der Waals surface area (Å²) in [7, 11) is 0. The average molecular weight is 233 g/mol. The van der Waals surface area contributed by atoms with Crippen LogP contribution in [0.1, 0.15) is 18.1 Å². The normalized spacial score (nSPS) is 13.8. The van der Waals surface area contributed by atoms with E-state index in [4.69, 9.17) is 5.11 Å². The third-order valence-electron chi connectivity index (χ3n) is 2.21. The van der Waals surface area contributed by atoms with E-state index in [1.165, 1.54) is 12.1 Å². The fourth-order valence-corrected chi connectivity index (χ4v) is 1.17. The average Bonchev–Trinajstić information content (AvgIpc) is 2.25. The monoisotopic (exact) mass is 233 g/mol. The highest BCUT2D eigenvalue weighted by Gasteiger charge is 2.29. The van der Waals surface area contributed by atoms with Crippen molar-refractivity contribution in [3.63, 3.8) is 0 Å². The van der Waals surface area contributed by atoms with Gasteiger partial charge in [-0.05, 0) is 24.6 Å². The van der Waals surface area contributed by atoms with Crippen molar-refractivity contribution in [1.29, 1.82) is 0 Å². The molecule has 0 unspecified atom stereocenters. The Morgan fingerprint density at radius 1 is 1.25 bits per heavy atom. The van der Waals surface area contributed by atoms with Crippen molar-refractivity contribution in [2.45, 2.75) is 25.7 Å². The van der Waals surface area contributed by atoms with E-state index in [0.29, 0.717) is 6.54 Å². The molecule has 0 amide bonds. The quantitative estimate of drug-likeness (QED) is 0.835. The second kappa shape index (κ2) is 5.32. The van der Waals surface area contributed by atoms with Gasteiger partial charge in [0, 0.05) is 12.6 Å². The third-order valence-corrected chi connectivity index (χ3v) is 2.21. The first-order valence-corrected chi connectivity index (χ1v) is 4.94. The number of halogens is 3. The van der Waals surface area contributed by atoms with Crippen molar-refractivity contribution in [1.82, 2.24) is 5.32 Å². The molecule has 0 aliphatic carbocycles. The molecular weight excluding hydrogens is 219 g/mol. The molecule has 2 N–H and O–H groups in total. The molecule has 16 heavy (non-hydrogen) atoms. The van der Waals surface area contributed by atoms with Gasteiger partial charge < -0.3 is 10.4 Å². The lowest BCUT2D eigenvalue weighted by Gasteiger charge is -2.11. The van der Waals surface area contributed by atoms with Crippen LogP contribution in [-0.4, -0.2) is 17.8 Å². The van der Waals surface area contributed by atoms with Crippen molar-refractivity contribution in [2.75, 3.05) is 6.61 Å². The lowest BCUT2D eigenvalue weighted by Crippen LogP contribution is -2.28. The van der Waals surface area contributed by atoms with Crippen LogP contribution < -0.4 is 5.32 Å². The van der Waals surface area contributed by atoms with Gasteiger partial charge in [-0.15, -0.1) is 0 Å². The SMILES string of the molecule is C[C@H](CO)NCc1ccc(C(F)(F)F)cc1. The van der Waals surface area contributed by atoms with E-state index in [0.717, 1.165) is 17.7 Å². The molecule has 0 aliphatic rings. The number of hydrogen-bond acceptors (Lipinski definition) is 2. The van der Waals surface area contributed by atoms with Gasteiger partial charge in [-0.1, -0.05) is 12.1 Å². The number of aliphatic hydroxyl groups excluding tert-OH is 1. The number of rotatable bonds is 4. The third kappa shape index (κ3) is 3.83. The van der Waals surface area contributed by atoms with Gasteiger partial charge in [0.1, 0.15) is 0 Å². The van der Waals surface area contributed by atoms with Gasteiger partial charge in [0.25, 0.3) is 0 Å². The summed E-state index contributed by atoms with van der Waals surface area (Å²) in [5.74, 6) is 0. The van der Waals surface area contributed by atoms with Gasteiger partial charge in [0.05, 0.1) is 12.2 Å². The highest BCUT2D eigenvalue weighted by molar-refractivity contribution is 5.24. The van der Waals surface area contributed by atoms with Crippen LogP contribution in [0, 0.1) is 0 Å². The van der Waals surface area contributed by atoms with E-state index in [1.54, 1.807) is 6.92 Å².